The summed E-state index contributed by atoms with van der Waals surface area (Å²) in [6, 6.07) is 23.2. The molecule has 2 aliphatic heterocycles. The number of pyridine rings is 1. The minimum absolute atomic E-state index is 0.213. The Hall–Kier alpha value is -3.34. The minimum Gasteiger partial charge on any atom is -0.453 e. The molecule has 5 rings (SSSR count). The highest BCUT2D eigenvalue weighted by Crippen LogP contribution is 2.48. The third-order valence-electron chi connectivity index (χ3n) is 6.27. The molecule has 1 aromatic heterocycles. The lowest BCUT2D eigenvalue weighted by atomic mass is 9.79. The first-order valence-corrected chi connectivity index (χ1v) is 10.5. The van der Waals surface area contributed by atoms with Gasteiger partial charge in [0.25, 0.3) is 0 Å². The lowest BCUT2D eigenvalue weighted by molar-refractivity contribution is 0.187. The number of hydrogen-bond acceptors (Lipinski definition) is 4. The van der Waals surface area contributed by atoms with Crippen molar-refractivity contribution in [1.29, 1.82) is 0 Å². The van der Waals surface area contributed by atoms with E-state index in [1.807, 2.05) is 12.1 Å². The summed E-state index contributed by atoms with van der Waals surface area (Å²) in [6.07, 6.45) is 1.57. The Kier molecular flexibility index (Phi) is 4.87. The first-order chi connectivity index (χ1) is 14.7. The molecular formula is C25H25N3O2. The molecule has 0 unspecified atom stereocenters. The number of carbonyl (C=O) groups excluding carboxylic acids is 1. The van der Waals surface area contributed by atoms with Gasteiger partial charge < -0.3 is 9.64 Å². The van der Waals surface area contributed by atoms with Crippen LogP contribution in [0.25, 0.3) is 0 Å². The number of aromatic nitrogens is 1. The number of rotatable bonds is 3. The number of carbonyl (C=O) groups is 1. The minimum atomic E-state index is -0.495. The van der Waals surface area contributed by atoms with E-state index >= 15 is 0 Å². The van der Waals surface area contributed by atoms with E-state index < -0.39 is 6.09 Å². The van der Waals surface area contributed by atoms with E-state index in [-0.39, 0.29) is 11.8 Å². The maximum Gasteiger partial charge on any atom is 0.412 e. The average Bonchev–Trinajstić information content (AvgIpc) is 2.80. The lowest BCUT2D eigenvalue weighted by Crippen LogP contribution is -2.38. The van der Waals surface area contributed by atoms with Crippen molar-refractivity contribution in [2.75, 3.05) is 30.4 Å². The number of ether oxygens (including phenoxy) is 1. The first-order valence-electron chi connectivity index (χ1n) is 10.5. The largest absolute Gasteiger partial charge is 0.453 e. The van der Waals surface area contributed by atoms with Crippen LogP contribution in [0.5, 0.6) is 0 Å². The van der Waals surface area contributed by atoms with Crippen LogP contribution in [0.15, 0.2) is 66.7 Å². The van der Waals surface area contributed by atoms with E-state index in [1.165, 1.54) is 29.5 Å². The quantitative estimate of drug-likeness (QED) is 0.663. The van der Waals surface area contributed by atoms with Gasteiger partial charge in [-0.3, -0.25) is 5.32 Å². The first kappa shape index (κ1) is 18.7. The van der Waals surface area contributed by atoms with E-state index in [0.717, 1.165) is 31.6 Å². The SMILES string of the molecule is COC(=O)Nc1cc2c3c(n1)[C@@H](c1ccccc1)CCN3CC[C@@H]2c1ccccc1. The molecule has 0 fully saturated rings. The fraction of sp³-hybridized carbons (Fsp3) is 0.280. The third-order valence-corrected chi connectivity index (χ3v) is 6.27. The van der Waals surface area contributed by atoms with Gasteiger partial charge in [0.1, 0.15) is 5.82 Å². The van der Waals surface area contributed by atoms with Gasteiger partial charge in [0.15, 0.2) is 0 Å². The van der Waals surface area contributed by atoms with Crippen LogP contribution in [0.2, 0.25) is 0 Å². The van der Waals surface area contributed by atoms with Crippen molar-refractivity contribution in [3.05, 3.63) is 89.1 Å². The van der Waals surface area contributed by atoms with Crippen molar-refractivity contribution >= 4 is 17.6 Å². The zero-order valence-electron chi connectivity index (χ0n) is 17.0. The molecule has 0 bridgehead atoms. The fourth-order valence-electron chi connectivity index (χ4n) is 4.89. The van der Waals surface area contributed by atoms with E-state index in [0.29, 0.717) is 5.82 Å². The summed E-state index contributed by atoms with van der Waals surface area (Å²) in [6.45, 7) is 2.04. The number of hydrogen-bond donors (Lipinski definition) is 1. The molecule has 3 heterocycles. The maximum atomic E-state index is 11.9. The Balaban J connectivity index is 1.68. The summed E-state index contributed by atoms with van der Waals surface area (Å²) in [5.41, 5.74) is 6.10. The second-order valence-corrected chi connectivity index (χ2v) is 7.94. The second-order valence-electron chi connectivity index (χ2n) is 7.94. The topological polar surface area (TPSA) is 54.5 Å². The van der Waals surface area contributed by atoms with Gasteiger partial charge in [-0.05, 0) is 35.6 Å². The van der Waals surface area contributed by atoms with Crippen LogP contribution in [-0.4, -0.2) is 31.3 Å². The molecule has 3 aromatic rings. The molecule has 2 aromatic carbocycles. The predicted molar refractivity (Wildman–Crippen MR) is 118 cm³/mol. The molecule has 1 N–H and O–H groups in total. The molecule has 0 aliphatic carbocycles. The maximum absolute atomic E-state index is 11.9. The monoisotopic (exact) mass is 399 g/mol. The van der Waals surface area contributed by atoms with Crippen molar-refractivity contribution in [3.8, 4) is 0 Å². The fourth-order valence-corrected chi connectivity index (χ4v) is 4.89. The Morgan fingerprint density at radius 1 is 0.967 bits per heavy atom. The van der Waals surface area contributed by atoms with E-state index in [2.05, 4.69) is 64.8 Å². The molecule has 0 radical (unpaired) electrons. The standard InChI is InChI=1S/C25H25N3O2/c1-30-25(29)27-22-16-21-19(17-8-4-2-5-9-17)12-14-28-15-13-20(23(26-22)24(21)28)18-10-6-3-7-11-18/h2-11,16,19-20H,12-15H2,1H3,(H,26,27,29)/t19-,20-/m1/s1. The van der Waals surface area contributed by atoms with Crippen LogP contribution in [-0.2, 0) is 4.74 Å². The highest BCUT2D eigenvalue weighted by molar-refractivity contribution is 5.84. The Morgan fingerprint density at radius 2 is 1.57 bits per heavy atom. The smallest absolute Gasteiger partial charge is 0.412 e. The van der Waals surface area contributed by atoms with Crippen LogP contribution in [0.3, 0.4) is 0 Å². The molecular weight excluding hydrogens is 374 g/mol. The van der Waals surface area contributed by atoms with Crippen molar-refractivity contribution in [2.45, 2.75) is 24.7 Å². The molecule has 2 aliphatic rings. The number of anilines is 2. The van der Waals surface area contributed by atoms with Crippen LogP contribution in [0.1, 0.15) is 47.1 Å². The van der Waals surface area contributed by atoms with E-state index in [9.17, 15) is 4.79 Å². The zero-order chi connectivity index (χ0) is 20.5. The summed E-state index contributed by atoms with van der Waals surface area (Å²) in [7, 11) is 1.37. The van der Waals surface area contributed by atoms with Crippen LogP contribution in [0.4, 0.5) is 16.3 Å². The summed E-state index contributed by atoms with van der Waals surface area (Å²) in [5, 5.41) is 2.81. The van der Waals surface area contributed by atoms with Crippen LogP contribution in [0, 0.1) is 0 Å². The van der Waals surface area contributed by atoms with Gasteiger partial charge in [-0.2, -0.15) is 0 Å². The van der Waals surface area contributed by atoms with Crippen LogP contribution >= 0.6 is 0 Å². The van der Waals surface area contributed by atoms with Gasteiger partial charge in [-0.1, -0.05) is 60.7 Å². The summed E-state index contributed by atoms with van der Waals surface area (Å²) >= 11 is 0. The Morgan fingerprint density at radius 3 is 2.20 bits per heavy atom. The molecule has 30 heavy (non-hydrogen) atoms. The number of nitrogens with one attached hydrogen (secondary N) is 1. The highest BCUT2D eigenvalue weighted by Gasteiger charge is 2.36. The van der Waals surface area contributed by atoms with Gasteiger partial charge in [-0.25, -0.2) is 9.78 Å². The third kappa shape index (κ3) is 3.30. The predicted octanol–water partition coefficient (Wildman–Crippen LogP) is 5.14. The zero-order valence-corrected chi connectivity index (χ0v) is 17.0. The van der Waals surface area contributed by atoms with E-state index in [1.54, 1.807) is 0 Å². The molecule has 1 amide bonds. The highest BCUT2D eigenvalue weighted by atomic mass is 16.5. The number of amides is 1. The molecule has 5 nitrogen and oxygen atoms in total. The molecule has 152 valence electrons. The van der Waals surface area contributed by atoms with Crippen LogP contribution < -0.4 is 10.2 Å². The van der Waals surface area contributed by atoms with Crippen molar-refractivity contribution in [1.82, 2.24) is 4.98 Å². The Labute approximate surface area is 176 Å². The summed E-state index contributed by atoms with van der Waals surface area (Å²) in [4.78, 5) is 19.3. The molecule has 5 heteroatoms. The molecule has 0 saturated heterocycles. The summed E-state index contributed by atoms with van der Waals surface area (Å²) in [5.74, 6) is 1.05. The molecule has 0 saturated carbocycles. The van der Waals surface area contributed by atoms with Crippen molar-refractivity contribution in [2.24, 2.45) is 0 Å². The number of nitrogens with zero attached hydrogens (tertiary/aromatic N) is 2. The lowest BCUT2D eigenvalue weighted by Gasteiger charge is -2.42. The number of methoxy groups -OCH3 is 1. The average molecular weight is 399 g/mol. The number of benzene rings is 2. The van der Waals surface area contributed by atoms with E-state index in [4.69, 9.17) is 9.72 Å². The Bertz CT molecular complexity index is 980. The summed E-state index contributed by atoms with van der Waals surface area (Å²) < 4.78 is 4.83. The van der Waals surface area contributed by atoms with Crippen molar-refractivity contribution in [3.63, 3.8) is 0 Å². The van der Waals surface area contributed by atoms with Gasteiger partial charge in [0.2, 0.25) is 0 Å². The molecule has 0 spiro atoms. The van der Waals surface area contributed by atoms with Gasteiger partial charge in [0.05, 0.1) is 18.5 Å². The molecule has 2 atom stereocenters. The second kappa shape index (κ2) is 7.82. The van der Waals surface area contributed by atoms with Gasteiger partial charge >= 0.3 is 6.09 Å². The normalized spacial score (nSPS) is 19.7. The van der Waals surface area contributed by atoms with Gasteiger partial charge in [-0.15, -0.1) is 0 Å². The van der Waals surface area contributed by atoms with Crippen molar-refractivity contribution < 1.29 is 9.53 Å². The van der Waals surface area contributed by atoms with Gasteiger partial charge in [0, 0.05) is 24.9 Å².